The molecule has 0 unspecified atom stereocenters. The van der Waals surface area contributed by atoms with Crippen LogP contribution in [0.3, 0.4) is 0 Å². The Morgan fingerprint density at radius 3 is 2.33 bits per heavy atom. The molecule has 0 saturated heterocycles. The summed E-state index contributed by atoms with van der Waals surface area (Å²) in [7, 11) is 0. The first-order chi connectivity index (χ1) is 5.74. The molecule has 0 radical (unpaired) electrons. The summed E-state index contributed by atoms with van der Waals surface area (Å²) in [6.07, 6.45) is 1.39. The molecule has 0 fully saturated rings. The standard InChI is InChI=1S/C8H6N2O2/c9-8(12)6-1-3-7(4-2-6)10-5-11/h1-4H,(H2,9,12). The smallest absolute Gasteiger partial charge is 0.248 e. The summed E-state index contributed by atoms with van der Waals surface area (Å²) in [5.74, 6) is -0.503. The van der Waals surface area contributed by atoms with E-state index >= 15 is 0 Å². The number of carbonyl (C=O) groups is 1. The molecule has 1 rings (SSSR count). The van der Waals surface area contributed by atoms with Crippen molar-refractivity contribution in [3.63, 3.8) is 0 Å². The maximum Gasteiger partial charge on any atom is 0.248 e. The molecular weight excluding hydrogens is 156 g/mol. The van der Waals surface area contributed by atoms with Gasteiger partial charge in [0.1, 0.15) is 0 Å². The third-order valence-electron chi connectivity index (χ3n) is 1.33. The van der Waals surface area contributed by atoms with Gasteiger partial charge in [-0.2, -0.15) is 4.99 Å². The van der Waals surface area contributed by atoms with E-state index in [1.807, 2.05) is 0 Å². The van der Waals surface area contributed by atoms with Crippen LogP contribution >= 0.6 is 0 Å². The molecule has 12 heavy (non-hydrogen) atoms. The number of isocyanates is 1. The third-order valence-corrected chi connectivity index (χ3v) is 1.33. The molecule has 2 N–H and O–H groups in total. The summed E-state index contributed by atoms with van der Waals surface area (Å²) in [5, 5.41) is 0. The Morgan fingerprint density at radius 1 is 1.33 bits per heavy atom. The fraction of sp³-hybridized carbons (Fsp3) is 0. The van der Waals surface area contributed by atoms with Gasteiger partial charge in [0.25, 0.3) is 0 Å². The lowest BCUT2D eigenvalue weighted by molar-refractivity contribution is 0.100. The van der Waals surface area contributed by atoms with Gasteiger partial charge in [-0.25, -0.2) is 4.79 Å². The second kappa shape index (κ2) is 3.46. The molecule has 4 heteroatoms. The summed E-state index contributed by atoms with van der Waals surface area (Å²) in [6, 6.07) is 6.03. The molecular formula is C8H6N2O2. The molecule has 0 bridgehead atoms. The van der Waals surface area contributed by atoms with Crippen LogP contribution in [-0.4, -0.2) is 12.0 Å². The van der Waals surface area contributed by atoms with E-state index in [0.717, 1.165) is 0 Å². The van der Waals surface area contributed by atoms with E-state index in [2.05, 4.69) is 4.99 Å². The number of aliphatic imine (C=N–C) groups is 1. The molecule has 1 aromatic carbocycles. The van der Waals surface area contributed by atoms with Crippen molar-refractivity contribution in [3.8, 4) is 0 Å². The number of benzene rings is 1. The Morgan fingerprint density at radius 2 is 1.92 bits per heavy atom. The molecule has 0 aliphatic carbocycles. The summed E-state index contributed by atoms with van der Waals surface area (Å²) < 4.78 is 0. The van der Waals surface area contributed by atoms with Gasteiger partial charge in [0.05, 0.1) is 5.69 Å². The lowest BCUT2D eigenvalue weighted by Crippen LogP contribution is -2.10. The van der Waals surface area contributed by atoms with Crippen molar-refractivity contribution in [2.24, 2.45) is 10.7 Å². The van der Waals surface area contributed by atoms with E-state index in [4.69, 9.17) is 5.73 Å². The van der Waals surface area contributed by atoms with Gasteiger partial charge in [0.15, 0.2) is 0 Å². The number of nitrogens with two attached hydrogens (primary N) is 1. The number of carbonyl (C=O) groups excluding carboxylic acids is 2. The van der Waals surface area contributed by atoms with Crippen LogP contribution in [0.25, 0.3) is 0 Å². The maximum atomic E-state index is 10.6. The van der Waals surface area contributed by atoms with Crippen molar-refractivity contribution < 1.29 is 9.59 Å². The quantitative estimate of drug-likeness (QED) is 0.514. The van der Waals surface area contributed by atoms with E-state index in [9.17, 15) is 9.59 Å². The number of hydrogen-bond acceptors (Lipinski definition) is 3. The number of amides is 1. The molecule has 0 aliphatic heterocycles. The first-order valence-corrected chi connectivity index (χ1v) is 3.22. The lowest BCUT2D eigenvalue weighted by atomic mass is 10.2. The van der Waals surface area contributed by atoms with Crippen LogP contribution in [0.2, 0.25) is 0 Å². The zero-order chi connectivity index (χ0) is 8.97. The van der Waals surface area contributed by atoms with Crippen LogP contribution in [-0.2, 0) is 4.79 Å². The van der Waals surface area contributed by atoms with Gasteiger partial charge in [-0.15, -0.1) is 0 Å². The van der Waals surface area contributed by atoms with Crippen molar-refractivity contribution in [2.45, 2.75) is 0 Å². The van der Waals surface area contributed by atoms with Gasteiger partial charge in [0.2, 0.25) is 12.0 Å². The molecule has 0 heterocycles. The largest absolute Gasteiger partial charge is 0.366 e. The summed E-state index contributed by atoms with van der Waals surface area (Å²) in [5.41, 5.74) is 5.83. The van der Waals surface area contributed by atoms with Gasteiger partial charge in [0, 0.05) is 5.56 Å². The van der Waals surface area contributed by atoms with Crippen molar-refractivity contribution in [2.75, 3.05) is 0 Å². The highest BCUT2D eigenvalue weighted by molar-refractivity contribution is 5.93. The van der Waals surface area contributed by atoms with Crippen LogP contribution in [0, 0.1) is 0 Å². The maximum absolute atomic E-state index is 10.6. The van der Waals surface area contributed by atoms with Crippen LogP contribution < -0.4 is 5.73 Å². The summed E-state index contributed by atoms with van der Waals surface area (Å²) in [4.78, 5) is 23.7. The monoisotopic (exact) mass is 162 g/mol. The predicted octanol–water partition coefficient (Wildman–Crippen LogP) is 0.753. The van der Waals surface area contributed by atoms with E-state index in [1.165, 1.54) is 30.3 Å². The number of hydrogen-bond donors (Lipinski definition) is 1. The molecule has 0 saturated carbocycles. The average molecular weight is 162 g/mol. The Balaban J connectivity index is 3.00. The minimum absolute atomic E-state index is 0.389. The number of rotatable bonds is 2. The van der Waals surface area contributed by atoms with E-state index < -0.39 is 5.91 Å². The predicted molar refractivity (Wildman–Crippen MR) is 42.7 cm³/mol. The Bertz CT molecular complexity index is 316. The molecule has 0 spiro atoms. The first-order valence-electron chi connectivity index (χ1n) is 3.22. The highest BCUT2D eigenvalue weighted by Crippen LogP contribution is 2.11. The zero-order valence-electron chi connectivity index (χ0n) is 6.15. The second-order valence-electron chi connectivity index (χ2n) is 2.11. The first kappa shape index (κ1) is 8.17. The van der Waals surface area contributed by atoms with E-state index in [-0.39, 0.29) is 0 Å². The van der Waals surface area contributed by atoms with Crippen molar-refractivity contribution >= 4 is 17.7 Å². The SMILES string of the molecule is NC(=O)c1ccc(N=C=O)cc1. The van der Waals surface area contributed by atoms with Gasteiger partial charge in [-0.3, -0.25) is 4.79 Å². The fourth-order valence-corrected chi connectivity index (χ4v) is 0.753. The summed E-state index contributed by atoms with van der Waals surface area (Å²) >= 11 is 0. The lowest BCUT2D eigenvalue weighted by Gasteiger charge is -1.93. The highest BCUT2D eigenvalue weighted by Gasteiger charge is 1.97. The van der Waals surface area contributed by atoms with Gasteiger partial charge >= 0.3 is 0 Å². The molecule has 0 atom stereocenters. The van der Waals surface area contributed by atoms with E-state index in [1.54, 1.807) is 0 Å². The highest BCUT2D eigenvalue weighted by atomic mass is 16.1. The molecule has 4 nitrogen and oxygen atoms in total. The minimum Gasteiger partial charge on any atom is -0.366 e. The van der Waals surface area contributed by atoms with Gasteiger partial charge < -0.3 is 5.73 Å². The van der Waals surface area contributed by atoms with E-state index in [0.29, 0.717) is 11.3 Å². The topological polar surface area (TPSA) is 72.5 Å². The Labute approximate surface area is 68.7 Å². The minimum atomic E-state index is -0.503. The average Bonchev–Trinajstić information content (AvgIpc) is 2.06. The van der Waals surface area contributed by atoms with Crippen LogP contribution in [0.4, 0.5) is 5.69 Å². The Hall–Kier alpha value is -1.93. The van der Waals surface area contributed by atoms with Crippen LogP contribution in [0.5, 0.6) is 0 Å². The molecule has 0 aliphatic rings. The summed E-state index contributed by atoms with van der Waals surface area (Å²) in [6.45, 7) is 0. The Kier molecular flexibility index (Phi) is 2.35. The molecule has 1 amide bonds. The van der Waals surface area contributed by atoms with Crippen LogP contribution in [0.1, 0.15) is 10.4 Å². The van der Waals surface area contributed by atoms with Gasteiger partial charge in [-0.1, -0.05) is 0 Å². The van der Waals surface area contributed by atoms with Gasteiger partial charge in [-0.05, 0) is 24.3 Å². The van der Waals surface area contributed by atoms with Crippen molar-refractivity contribution in [1.29, 1.82) is 0 Å². The normalized spacial score (nSPS) is 8.67. The zero-order valence-corrected chi connectivity index (χ0v) is 6.15. The molecule has 60 valence electrons. The molecule has 1 aromatic rings. The fourth-order valence-electron chi connectivity index (χ4n) is 0.753. The number of primary amides is 1. The number of nitrogens with zero attached hydrogens (tertiary/aromatic N) is 1. The van der Waals surface area contributed by atoms with Crippen molar-refractivity contribution in [1.82, 2.24) is 0 Å². The molecule has 0 aromatic heterocycles. The van der Waals surface area contributed by atoms with Crippen LogP contribution in [0.15, 0.2) is 29.3 Å². The second-order valence-corrected chi connectivity index (χ2v) is 2.11. The van der Waals surface area contributed by atoms with Crippen molar-refractivity contribution in [3.05, 3.63) is 29.8 Å². The third kappa shape index (κ3) is 1.78.